The molecule has 0 amide bonds. The van der Waals surface area contributed by atoms with E-state index in [1.165, 1.54) is 5.56 Å². The molecule has 0 fully saturated rings. The average Bonchev–Trinajstić information content (AvgIpc) is 2.79. The number of hydrogen-bond acceptors (Lipinski definition) is 2. The highest BCUT2D eigenvalue weighted by Crippen LogP contribution is 2.31. The lowest BCUT2D eigenvalue weighted by atomic mass is 10.1. The first-order chi connectivity index (χ1) is 10.1. The molecule has 3 rings (SSSR count). The molecule has 2 aromatic carbocycles. The molecule has 0 unspecified atom stereocenters. The summed E-state index contributed by atoms with van der Waals surface area (Å²) in [6.45, 7) is 2.53. The Hall–Kier alpha value is -1.55. The minimum atomic E-state index is 0.0323. The highest BCUT2D eigenvalue weighted by atomic mass is 35.5. The minimum absolute atomic E-state index is 0.0323. The van der Waals surface area contributed by atoms with Crippen LogP contribution < -0.4 is 0 Å². The Morgan fingerprint density at radius 3 is 2.43 bits per heavy atom. The molecule has 5 heteroatoms. The second-order valence-electron chi connectivity index (χ2n) is 4.93. The van der Waals surface area contributed by atoms with E-state index in [0.717, 1.165) is 22.4 Å². The fourth-order valence-electron chi connectivity index (χ4n) is 2.37. The van der Waals surface area contributed by atoms with E-state index in [9.17, 15) is 5.11 Å². The van der Waals surface area contributed by atoms with Gasteiger partial charge in [0.1, 0.15) is 5.82 Å². The number of imidazole rings is 1. The van der Waals surface area contributed by atoms with Crippen molar-refractivity contribution in [2.24, 2.45) is 0 Å². The van der Waals surface area contributed by atoms with Crippen molar-refractivity contribution >= 4 is 34.2 Å². The summed E-state index contributed by atoms with van der Waals surface area (Å²) in [4.78, 5) is 4.64. The molecule has 108 valence electrons. The predicted molar refractivity (Wildman–Crippen MR) is 87.0 cm³/mol. The van der Waals surface area contributed by atoms with Crippen molar-refractivity contribution in [3.05, 3.63) is 52.0 Å². The van der Waals surface area contributed by atoms with Gasteiger partial charge in [-0.3, -0.25) is 0 Å². The van der Waals surface area contributed by atoms with E-state index in [0.29, 0.717) is 16.6 Å². The summed E-state index contributed by atoms with van der Waals surface area (Å²) >= 11 is 12.2. The Morgan fingerprint density at radius 1 is 1.10 bits per heavy atom. The molecule has 21 heavy (non-hydrogen) atoms. The molecule has 3 aromatic rings. The topological polar surface area (TPSA) is 38.0 Å². The molecule has 1 N–H and O–H groups in total. The van der Waals surface area contributed by atoms with Gasteiger partial charge < -0.3 is 9.67 Å². The van der Waals surface area contributed by atoms with Crippen LogP contribution in [-0.2, 0) is 6.54 Å². The Morgan fingerprint density at radius 2 is 1.76 bits per heavy atom. The van der Waals surface area contributed by atoms with Crippen molar-refractivity contribution in [3.63, 3.8) is 0 Å². The highest BCUT2D eigenvalue weighted by molar-refractivity contribution is 6.42. The van der Waals surface area contributed by atoms with Gasteiger partial charge in [-0.15, -0.1) is 0 Å². The zero-order chi connectivity index (χ0) is 15.0. The molecular weight excluding hydrogens is 307 g/mol. The zero-order valence-electron chi connectivity index (χ0n) is 11.5. The lowest BCUT2D eigenvalue weighted by molar-refractivity contribution is 0.278. The summed E-state index contributed by atoms with van der Waals surface area (Å²) in [5.74, 6) is 0.803. The van der Waals surface area contributed by atoms with Crippen LogP contribution in [0, 0.1) is 6.92 Å². The molecule has 0 aliphatic heterocycles. The molecule has 0 saturated heterocycles. The van der Waals surface area contributed by atoms with Gasteiger partial charge in [0, 0.05) is 12.1 Å². The molecular formula is C16H14Cl2N2O. The Bertz CT molecular complexity index is 794. The number of benzene rings is 2. The Kier molecular flexibility index (Phi) is 3.89. The van der Waals surface area contributed by atoms with E-state index in [2.05, 4.69) is 4.98 Å². The van der Waals surface area contributed by atoms with Crippen molar-refractivity contribution in [2.75, 3.05) is 6.61 Å². The van der Waals surface area contributed by atoms with Crippen LogP contribution in [0.2, 0.25) is 10.0 Å². The summed E-state index contributed by atoms with van der Waals surface area (Å²) < 4.78 is 1.96. The number of aryl methyl sites for hydroxylation is 1. The molecule has 0 radical (unpaired) electrons. The second kappa shape index (κ2) is 5.68. The SMILES string of the molecule is Cc1ccc(-c2nc3cc(Cl)c(Cl)cc3n2CCO)cc1. The van der Waals surface area contributed by atoms with Crippen LogP contribution in [0.3, 0.4) is 0 Å². The quantitative estimate of drug-likeness (QED) is 0.780. The normalized spacial score (nSPS) is 11.2. The minimum Gasteiger partial charge on any atom is -0.395 e. The number of aliphatic hydroxyl groups excluding tert-OH is 1. The molecule has 3 nitrogen and oxygen atoms in total. The van der Waals surface area contributed by atoms with E-state index in [-0.39, 0.29) is 6.61 Å². The van der Waals surface area contributed by atoms with Crippen LogP contribution >= 0.6 is 23.2 Å². The zero-order valence-corrected chi connectivity index (χ0v) is 13.0. The lowest BCUT2D eigenvalue weighted by Gasteiger charge is -2.08. The van der Waals surface area contributed by atoms with E-state index in [1.807, 2.05) is 35.8 Å². The summed E-state index contributed by atoms with van der Waals surface area (Å²) in [6, 6.07) is 11.7. The van der Waals surface area contributed by atoms with Crippen molar-refractivity contribution in [1.82, 2.24) is 9.55 Å². The van der Waals surface area contributed by atoms with E-state index >= 15 is 0 Å². The van der Waals surface area contributed by atoms with Gasteiger partial charge in [-0.2, -0.15) is 0 Å². The van der Waals surface area contributed by atoms with Crippen LogP contribution in [0.1, 0.15) is 5.56 Å². The maximum Gasteiger partial charge on any atom is 0.141 e. The van der Waals surface area contributed by atoms with Crippen LogP contribution in [0.5, 0.6) is 0 Å². The monoisotopic (exact) mass is 320 g/mol. The first-order valence-corrected chi connectivity index (χ1v) is 7.39. The molecule has 0 spiro atoms. The van der Waals surface area contributed by atoms with Gasteiger partial charge in [0.25, 0.3) is 0 Å². The molecule has 0 bridgehead atoms. The van der Waals surface area contributed by atoms with Gasteiger partial charge in [0.15, 0.2) is 0 Å². The lowest BCUT2D eigenvalue weighted by Crippen LogP contribution is -2.04. The van der Waals surface area contributed by atoms with Gasteiger partial charge in [-0.25, -0.2) is 4.98 Å². The maximum atomic E-state index is 9.33. The maximum absolute atomic E-state index is 9.33. The first-order valence-electron chi connectivity index (χ1n) is 6.63. The third-order valence-corrected chi connectivity index (χ3v) is 4.15. The van der Waals surface area contributed by atoms with Gasteiger partial charge in [0.05, 0.1) is 27.7 Å². The second-order valence-corrected chi connectivity index (χ2v) is 5.75. The van der Waals surface area contributed by atoms with Gasteiger partial charge in [-0.1, -0.05) is 53.0 Å². The Balaban J connectivity index is 2.25. The largest absolute Gasteiger partial charge is 0.395 e. The number of aliphatic hydroxyl groups is 1. The third kappa shape index (κ3) is 2.64. The molecule has 0 atom stereocenters. The molecule has 0 aliphatic carbocycles. The first kappa shape index (κ1) is 14.4. The Labute approximate surface area is 132 Å². The number of rotatable bonds is 3. The van der Waals surface area contributed by atoms with Crippen LogP contribution in [-0.4, -0.2) is 21.3 Å². The fourth-order valence-corrected chi connectivity index (χ4v) is 2.69. The standard InChI is InChI=1S/C16H14Cl2N2O/c1-10-2-4-11(5-3-10)16-19-14-8-12(17)13(18)9-15(14)20(16)6-7-21/h2-5,8-9,21H,6-7H2,1H3. The third-order valence-electron chi connectivity index (χ3n) is 3.42. The summed E-state index contributed by atoms with van der Waals surface area (Å²) in [6.07, 6.45) is 0. The van der Waals surface area contributed by atoms with Gasteiger partial charge in [0.2, 0.25) is 0 Å². The van der Waals surface area contributed by atoms with Gasteiger partial charge >= 0.3 is 0 Å². The molecule has 0 saturated carbocycles. The summed E-state index contributed by atoms with van der Waals surface area (Å²) in [7, 11) is 0. The molecule has 1 aromatic heterocycles. The number of hydrogen-bond donors (Lipinski definition) is 1. The van der Waals surface area contributed by atoms with Crippen molar-refractivity contribution in [1.29, 1.82) is 0 Å². The smallest absolute Gasteiger partial charge is 0.141 e. The number of halogens is 2. The number of nitrogens with zero attached hydrogens (tertiary/aromatic N) is 2. The molecule has 0 aliphatic rings. The fraction of sp³-hybridized carbons (Fsp3) is 0.188. The average molecular weight is 321 g/mol. The molecule has 1 heterocycles. The van der Waals surface area contributed by atoms with Crippen molar-refractivity contribution in [2.45, 2.75) is 13.5 Å². The number of aromatic nitrogens is 2. The summed E-state index contributed by atoms with van der Waals surface area (Å²) in [5.41, 5.74) is 3.83. The van der Waals surface area contributed by atoms with Crippen LogP contribution in [0.25, 0.3) is 22.4 Å². The van der Waals surface area contributed by atoms with Crippen molar-refractivity contribution < 1.29 is 5.11 Å². The van der Waals surface area contributed by atoms with E-state index < -0.39 is 0 Å². The number of fused-ring (bicyclic) bond motifs is 1. The van der Waals surface area contributed by atoms with E-state index in [4.69, 9.17) is 23.2 Å². The van der Waals surface area contributed by atoms with Crippen LogP contribution in [0.4, 0.5) is 0 Å². The van der Waals surface area contributed by atoms with Crippen molar-refractivity contribution in [3.8, 4) is 11.4 Å². The highest BCUT2D eigenvalue weighted by Gasteiger charge is 2.14. The summed E-state index contributed by atoms with van der Waals surface area (Å²) in [5, 5.41) is 10.3. The van der Waals surface area contributed by atoms with Gasteiger partial charge in [-0.05, 0) is 19.1 Å². The van der Waals surface area contributed by atoms with E-state index in [1.54, 1.807) is 12.1 Å². The predicted octanol–water partition coefficient (Wildman–Crippen LogP) is 4.31. The van der Waals surface area contributed by atoms with Crippen LogP contribution in [0.15, 0.2) is 36.4 Å².